The van der Waals surface area contributed by atoms with E-state index >= 15 is 0 Å². The lowest BCUT2D eigenvalue weighted by atomic mass is 10.2. The van der Waals surface area contributed by atoms with Gasteiger partial charge in [-0.05, 0) is 13.3 Å². The van der Waals surface area contributed by atoms with Crippen LogP contribution in [0.2, 0.25) is 0 Å². The molecule has 0 aliphatic carbocycles. The van der Waals surface area contributed by atoms with Crippen LogP contribution >= 0.6 is 0 Å². The van der Waals surface area contributed by atoms with E-state index in [0.717, 1.165) is 0 Å². The largest absolute Gasteiger partial charge is 0.480 e. The van der Waals surface area contributed by atoms with E-state index in [1.807, 2.05) is 0 Å². The first-order chi connectivity index (χ1) is 6.07. The van der Waals surface area contributed by atoms with Gasteiger partial charge in [-0.15, -0.1) is 0 Å². The summed E-state index contributed by atoms with van der Waals surface area (Å²) in [6.45, 7) is 3.43. The summed E-state index contributed by atoms with van der Waals surface area (Å²) >= 11 is 0. The van der Waals surface area contributed by atoms with Crippen LogP contribution in [0, 0.1) is 6.92 Å². The van der Waals surface area contributed by atoms with Crippen molar-refractivity contribution in [3.63, 3.8) is 0 Å². The van der Waals surface area contributed by atoms with Crippen LogP contribution in [0.5, 0.6) is 0 Å². The lowest BCUT2D eigenvalue weighted by molar-refractivity contribution is -0.141. The van der Waals surface area contributed by atoms with Gasteiger partial charge < -0.3 is 10.1 Å². The highest BCUT2D eigenvalue weighted by Gasteiger charge is 2.20. The fraction of sp³-hybridized carbons (Fsp3) is 0.500. The molecule has 1 aromatic heterocycles. The topological polar surface area (TPSA) is 75.1 Å². The summed E-state index contributed by atoms with van der Waals surface area (Å²) in [5.41, 5.74) is 0.269. The molecule has 13 heavy (non-hydrogen) atoms. The zero-order valence-electron chi connectivity index (χ0n) is 7.57. The second-order valence-electron chi connectivity index (χ2n) is 2.87. The summed E-state index contributed by atoms with van der Waals surface area (Å²) in [6.07, 6.45) is 1.90. The summed E-state index contributed by atoms with van der Waals surface area (Å²) in [5, 5.41) is 8.82. The molecular weight excluding hydrogens is 172 g/mol. The van der Waals surface area contributed by atoms with Crippen molar-refractivity contribution >= 4 is 5.97 Å². The highest BCUT2D eigenvalue weighted by atomic mass is 16.4. The standard InChI is InChI=1S/C8H12N2O3/c1-3-6(7(11)12)10-5(2)4-9-8(10)13/h4,6H,3H2,1-2H3,(H,9,13)(H,11,12). The van der Waals surface area contributed by atoms with E-state index in [1.165, 1.54) is 10.8 Å². The monoisotopic (exact) mass is 184 g/mol. The van der Waals surface area contributed by atoms with Crippen LogP contribution in [0.4, 0.5) is 0 Å². The van der Waals surface area contributed by atoms with Gasteiger partial charge in [0.2, 0.25) is 0 Å². The van der Waals surface area contributed by atoms with Crippen LogP contribution in [0.1, 0.15) is 25.1 Å². The first-order valence-corrected chi connectivity index (χ1v) is 4.07. The lowest BCUT2D eigenvalue weighted by Crippen LogP contribution is -2.28. The van der Waals surface area contributed by atoms with E-state index in [0.29, 0.717) is 12.1 Å². The maximum absolute atomic E-state index is 11.2. The van der Waals surface area contributed by atoms with Crippen molar-refractivity contribution in [2.75, 3.05) is 0 Å². The highest BCUT2D eigenvalue weighted by molar-refractivity contribution is 5.71. The number of carboxylic acids is 1. The fourth-order valence-electron chi connectivity index (χ4n) is 1.32. The summed E-state index contributed by atoms with van der Waals surface area (Å²) in [5.74, 6) is -0.979. The summed E-state index contributed by atoms with van der Waals surface area (Å²) in [4.78, 5) is 24.4. The van der Waals surface area contributed by atoms with Gasteiger partial charge in [0.15, 0.2) is 0 Å². The number of aliphatic carboxylic acids is 1. The van der Waals surface area contributed by atoms with E-state index in [-0.39, 0.29) is 5.69 Å². The molecule has 0 fully saturated rings. The van der Waals surface area contributed by atoms with Gasteiger partial charge in [-0.1, -0.05) is 6.92 Å². The molecule has 0 aliphatic heterocycles. The number of carbonyl (C=O) groups is 1. The van der Waals surface area contributed by atoms with Gasteiger partial charge in [0, 0.05) is 11.9 Å². The van der Waals surface area contributed by atoms with Gasteiger partial charge in [0.05, 0.1) is 0 Å². The Morgan fingerprint density at radius 2 is 2.38 bits per heavy atom. The van der Waals surface area contributed by atoms with Crippen LogP contribution < -0.4 is 5.69 Å². The average molecular weight is 184 g/mol. The number of hydrogen-bond donors (Lipinski definition) is 2. The molecule has 5 heteroatoms. The zero-order chi connectivity index (χ0) is 10.0. The van der Waals surface area contributed by atoms with Crippen molar-refractivity contribution in [1.82, 2.24) is 9.55 Å². The van der Waals surface area contributed by atoms with Crippen LogP contribution in [0.3, 0.4) is 0 Å². The van der Waals surface area contributed by atoms with E-state index in [1.54, 1.807) is 13.8 Å². The Hall–Kier alpha value is -1.52. The molecule has 1 heterocycles. The van der Waals surface area contributed by atoms with E-state index in [2.05, 4.69) is 4.98 Å². The molecule has 0 amide bonds. The predicted octanol–water partition coefficient (Wildman–Crippen LogP) is 0.521. The van der Waals surface area contributed by atoms with Crippen molar-refractivity contribution < 1.29 is 9.90 Å². The van der Waals surface area contributed by atoms with Crippen molar-refractivity contribution in [3.8, 4) is 0 Å². The second-order valence-corrected chi connectivity index (χ2v) is 2.87. The summed E-state index contributed by atoms with van der Waals surface area (Å²) < 4.78 is 1.25. The van der Waals surface area contributed by atoms with Gasteiger partial charge in [-0.2, -0.15) is 0 Å². The van der Waals surface area contributed by atoms with Gasteiger partial charge >= 0.3 is 11.7 Å². The number of imidazole rings is 1. The summed E-state index contributed by atoms with van der Waals surface area (Å²) in [7, 11) is 0. The van der Waals surface area contributed by atoms with Crippen molar-refractivity contribution in [2.45, 2.75) is 26.3 Å². The molecule has 0 bridgehead atoms. The zero-order valence-corrected chi connectivity index (χ0v) is 7.57. The number of nitrogens with zero attached hydrogens (tertiary/aromatic N) is 1. The first-order valence-electron chi connectivity index (χ1n) is 4.07. The van der Waals surface area contributed by atoms with E-state index in [4.69, 9.17) is 5.11 Å². The lowest BCUT2D eigenvalue weighted by Gasteiger charge is -2.11. The molecule has 5 nitrogen and oxygen atoms in total. The fourth-order valence-corrected chi connectivity index (χ4v) is 1.32. The maximum Gasteiger partial charge on any atom is 0.326 e. The van der Waals surface area contributed by atoms with Crippen molar-refractivity contribution in [1.29, 1.82) is 0 Å². The molecule has 0 saturated heterocycles. The minimum absolute atomic E-state index is 0.369. The number of aromatic amines is 1. The Balaban J connectivity index is 3.18. The Morgan fingerprint density at radius 1 is 1.77 bits per heavy atom. The smallest absolute Gasteiger partial charge is 0.326 e. The summed E-state index contributed by atoms with van der Waals surface area (Å²) in [6, 6.07) is -0.765. The van der Waals surface area contributed by atoms with Crippen LogP contribution in [0.25, 0.3) is 0 Å². The van der Waals surface area contributed by atoms with Crippen molar-refractivity contribution in [3.05, 3.63) is 22.4 Å². The number of rotatable bonds is 3. The third-order valence-corrected chi connectivity index (χ3v) is 1.99. The quantitative estimate of drug-likeness (QED) is 0.719. The third kappa shape index (κ3) is 1.63. The Bertz CT molecular complexity index is 364. The number of nitrogens with one attached hydrogen (secondary N) is 1. The van der Waals surface area contributed by atoms with Gasteiger partial charge in [0.25, 0.3) is 0 Å². The SMILES string of the molecule is CCC(C(=O)O)n1c(C)c[nH]c1=O. The minimum Gasteiger partial charge on any atom is -0.480 e. The molecule has 1 atom stereocenters. The number of aryl methyl sites for hydroxylation is 1. The molecule has 1 rings (SSSR count). The third-order valence-electron chi connectivity index (χ3n) is 1.99. The minimum atomic E-state index is -0.979. The van der Waals surface area contributed by atoms with E-state index < -0.39 is 12.0 Å². The Labute approximate surface area is 75.0 Å². The Morgan fingerprint density at radius 3 is 2.69 bits per heavy atom. The van der Waals surface area contributed by atoms with Gasteiger partial charge in [-0.3, -0.25) is 4.57 Å². The molecule has 0 aliphatic rings. The van der Waals surface area contributed by atoms with Crippen LogP contribution in [0.15, 0.2) is 11.0 Å². The molecule has 72 valence electrons. The molecule has 0 radical (unpaired) electrons. The van der Waals surface area contributed by atoms with Crippen molar-refractivity contribution in [2.24, 2.45) is 0 Å². The number of aromatic nitrogens is 2. The first kappa shape index (κ1) is 9.57. The van der Waals surface area contributed by atoms with Gasteiger partial charge in [-0.25, -0.2) is 9.59 Å². The van der Waals surface area contributed by atoms with E-state index in [9.17, 15) is 9.59 Å². The second kappa shape index (κ2) is 3.47. The average Bonchev–Trinajstić information content (AvgIpc) is 2.36. The molecule has 1 unspecified atom stereocenters. The molecule has 1 aromatic rings. The maximum atomic E-state index is 11.2. The molecular formula is C8H12N2O3. The normalized spacial score (nSPS) is 12.8. The molecule has 2 N–H and O–H groups in total. The molecule has 0 spiro atoms. The Kier molecular flexibility index (Phi) is 2.55. The molecule has 0 saturated carbocycles. The van der Waals surface area contributed by atoms with Gasteiger partial charge in [0.1, 0.15) is 6.04 Å². The van der Waals surface area contributed by atoms with Crippen LogP contribution in [-0.2, 0) is 4.79 Å². The predicted molar refractivity (Wildman–Crippen MR) is 46.8 cm³/mol. The number of H-pyrrole nitrogens is 1. The highest BCUT2D eigenvalue weighted by Crippen LogP contribution is 2.10. The number of hydrogen-bond acceptors (Lipinski definition) is 2. The molecule has 0 aromatic carbocycles. The number of carboxylic acid groups (broad SMARTS) is 1. The van der Waals surface area contributed by atoms with Crippen LogP contribution in [-0.4, -0.2) is 20.6 Å².